The number of carbonyl (C=O) groups is 1. The van der Waals surface area contributed by atoms with Gasteiger partial charge in [0, 0.05) is 30.4 Å². The average Bonchev–Trinajstić information content (AvgIpc) is 3.52. The summed E-state index contributed by atoms with van der Waals surface area (Å²) in [5.74, 6) is -1.54. The first-order chi connectivity index (χ1) is 14.1. The van der Waals surface area contributed by atoms with Gasteiger partial charge in [0.2, 0.25) is 16.0 Å². The summed E-state index contributed by atoms with van der Waals surface area (Å²) < 4.78 is 40.1. The molecule has 2 aromatic rings. The van der Waals surface area contributed by atoms with E-state index in [0.29, 0.717) is 5.92 Å². The second kappa shape index (κ2) is 7.01. The Bertz CT molecular complexity index is 1130. The first-order valence-electron chi connectivity index (χ1n) is 9.36. The van der Waals surface area contributed by atoms with E-state index >= 15 is 0 Å². The summed E-state index contributed by atoms with van der Waals surface area (Å²) in [6.07, 6.45) is 5.15. The van der Waals surface area contributed by atoms with Gasteiger partial charge < -0.3 is 10.6 Å². The first-order valence-corrected chi connectivity index (χ1v) is 11.0. The van der Waals surface area contributed by atoms with Crippen molar-refractivity contribution in [1.82, 2.24) is 19.6 Å². The molecular weight excluding hydrogens is 411 g/mol. The minimum atomic E-state index is -3.79. The van der Waals surface area contributed by atoms with Crippen molar-refractivity contribution in [2.45, 2.75) is 31.2 Å². The van der Waals surface area contributed by atoms with Crippen molar-refractivity contribution in [3.05, 3.63) is 53.4 Å². The molecule has 1 aliphatic heterocycles. The molecule has 11 heteroatoms. The number of halogens is 1. The molecule has 0 unspecified atom stereocenters. The lowest BCUT2D eigenvalue weighted by atomic mass is 9.93. The van der Waals surface area contributed by atoms with Gasteiger partial charge in [-0.3, -0.25) is 15.2 Å². The Morgan fingerprint density at radius 2 is 2.07 bits per heavy atom. The van der Waals surface area contributed by atoms with Gasteiger partial charge in [-0.15, -0.1) is 0 Å². The summed E-state index contributed by atoms with van der Waals surface area (Å²) in [5.41, 5.74) is -0.0927. The molecule has 1 aliphatic carbocycles. The molecule has 0 spiro atoms. The highest BCUT2D eigenvalue weighted by molar-refractivity contribution is 7.89. The van der Waals surface area contributed by atoms with Crippen LogP contribution in [0.25, 0.3) is 0 Å². The number of sulfonamides is 1. The molecule has 2 fully saturated rings. The van der Waals surface area contributed by atoms with Gasteiger partial charge in [0.05, 0.1) is 23.2 Å². The molecule has 2 aliphatic rings. The molecule has 1 atom stereocenters. The number of rotatable bonds is 4. The molecule has 1 aromatic carbocycles. The van der Waals surface area contributed by atoms with Crippen molar-refractivity contribution < 1.29 is 17.6 Å². The fourth-order valence-corrected chi connectivity index (χ4v) is 4.86. The second-order valence-corrected chi connectivity index (χ2v) is 9.78. The van der Waals surface area contributed by atoms with Crippen LogP contribution in [0.2, 0.25) is 0 Å². The van der Waals surface area contributed by atoms with E-state index < -0.39 is 33.0 Å². The molecule has 0 radical (unpaired) electrons. The van der Waals surface area contributed by atoms with Crippen molar-refractivity contribution in [2.24, 2.45) is 0 Å². The topological polar surface area (TPSA) is 128 Å². The standard InChI is InChI=1S/C19H21FN6O3S/c1-19(10-30(28,29)26(2)18(21)25-19)13-7-12(5-6-14(13)20)24-17(27)16-9-22-15(8-23-16)11-3-4-11/h5-9,11H,3-4,10H2,1-2H3,(H2,21,25)(H,24,27)/t19-/m0/s1. The van der Waals surface area contributed by atoms with Crippen LogP contribution in [0.1, 0.15) is 47.4 Å². The highest BCUT2D eigenvalue weighted by atomic mass is 32.2. The summed E-state index contributed by atoms with van der Waals surface area (Å²) in [6.45, 7) is 1.50. The minimum absolute atomic E-state index is 0.0249. The maximum Gasteiger partial charge on any atom is 0.275 e. The van der Waals surface area contributed by atoms with Gasteiger partial charge in [-0.25, -0.2) is 22.1 Å². The molecular formula is C19H21FN6O3S. The van der Waals surface area contributed by atoms with E-state index in [1.807, 2.05) is 0 Å². The van der Waals surface area contributed by atoms with Crippen molar-refractivity contribution in [3.8, 4) is 0 Å². The van der Waals surface area contributed by atoms with Crippen molar-refractivity contribution in [1.29, 1.82) is 5.41 Å². The zero-order chi connectivity index (χ0) is 21.7. The van der Waals surface area contributed by atoms with Crippen LogP contribution in [-0.2, 0) is 15.6 Å². The number of guanidine groups is 1. The van der Waals surface area contributed by atoms with Gasteiger partial charge in [0.15, 0.2) is 0 Å². The van der Waals surface area contributed by atoms with E-state index in [-0.39, 0.29) is 22.9 Å². The molecule has 3 N–H and O–H groups in total. The zero-order valence-corrected chi connectivity index (χ0v) is 17.3. The lowest BCUT2D eigenvalue weighted by molar-refractivity contribution is 0.102. The molecule has 2 heterocycles. The molecule has 1 saturated carbocycles. The molecule has 4 rings (SSSR count). The average molecular weight is 432 g/mol. The molecule has 1 amide bonds. The summed E-state index contributed by atoms with van der Waals surface area (Å²) in [7, 11) is -2.54. The van der Waals surface area contributed by atoms with E-state index in [9.17, 15) is 17.6 Å². The van der Waals surface area contributed by atoms with E-state index in [2.05, 4.69) is 20.6 Å². The normalized spacial score (nSPS) is 23.0. The van der Waals surface area contributed by atoms with Gasteiger partial charge in [0.1, 0.15) is 11.5 Å². The molecule has 158 valence electrons. The Hall–Kier alpha value is -3.08. The third-order valence-corrected chi connectivity index (χ3v) is 7.28. The van der Waals surface area contributed by atoms with E-state index in [1.165, 1.54) is 32.3 Å². The lowest BCUT2D eigenvalue weighted by Gasteiger charge is -2.40. The number of nitrogens with zero attached hydrogens (tertiary/aromatic N) is 3. The first kappa shape index (κ1) is 20.2. The largest absolute Gasteiger partial charge is 0.345 e. The van der Waals surface area contributed by atoms with Crippen LogP contribution in [0.15, 0.2) is 30.6 Å². The number of anilines is 1. The van der Waals surface area contributed by atoms with Crippen LogP contribution >= 0.6 is 0 Å². The lowest BCUT2D eigenvalue weighted by Crippen LogP contribution is -2.61. The van der Waals surface area contributed by atoms with E-state index in [0.717, 1.165) is 28.9 Å². The monoisotopic (exact) mass is 432 g/mol. The van der Waals surface area contributed by atoms with E-state index in [4.69, 9.17) is 5.41 Å². The van der Waals surface area contributed by atoms with Crippen LogP contribution in [0.4, 0.5) is 10.1 Å². The summed E-state index contributed by atoms with van der Waals surface area (Å²) in [6, 6.07) is 3.88. The molecule has 0 bridgehead atoms. The predicted octanol–water partition coefficient (Wildman–Crippen LogP) is 1.76. The minimum Gasteiger partial charge on any atom is -0.345 e. The maximum absolute atomic E-state index is 14.6. The Labute approximate surface area is 173 Å². The third kappa shape index (κ3) is 3.72. The Morgan fingerprint density at radius 3 is 2.67 bits per heavy atom. The van der Waals surface area contributed by atoms with E-state index in [1.54, 1.807) is 6.20 Å². The Balaban J connectivity index is 1.58. The van der Waals surface area contributed by atoms with Gasteiger partial charge in [0.25, 0.3) is 5.91 Å². The van der Waals surface area contributed by atoms with Gasteiger partial charge >= 0.3 is 0 Å². The van der Waals surface area contributed by atoms with Crippen molar-refractivity contribution in [2.75, 3.05) is 18.1 Å². The number of carbonyl (C=O) groups excluding carboxylic acids is 1. The maximum atomic E-state index is 14.6. The summed E-state index contributed by atoms with van der Waals surface area (Å²) in [4.78, 5) is 20.9. The second-order valence-electron chi connectivity index (χ2n) is 7.78. The van der Waals surface area contributed by atoms with Crippen LogP contribution < -0.4 is 10.6 Å². The quantitative estimate of drug-likeness (QED) is 0.675. The SMILES string of the molecule is CN1C(=N)N[C@](C)(c2cc(NC(=O)c3cnc(C4CC4)cn3)ccc2F)CS1(=O)=O. The number of hydrogen-bond donors (Lipinski definition) is 3. The highest BCUT2D eigenvalue weighted by Crippen LogP contribution is 2.38. The van der Waals surface area contributed by atoms with Crippen LogP contribution in [0, 0.1) is 11.2 Å². The van der Waals surface area contributed by atoms with Crippen LogP contribution in [0.3, 0.4) is 0 Å². The Kier molecular flexibility index (Phi) is 4.72. The molecule has 1 aromatic heterocycles. The van der Waals surface area contributed by atoms with Crippen LogP contribution in [0.5, 0.6) is 0 Å². The summed E-state index contributed by atoms with van der Waals surface area (Å²) >= 11 is 0. The summed E-state index contributed by atoms with van der Waals surface area (Å²) in [5, 5.41) is 13.3. The van der Waals surface area contributed by atoms with Crippen LogP contribution in [-0.4, -0.2) is 47.4 Å². The van der Waals surface area contributed by atoms with Gasteiger partial charge in [-0.2, -0.15) is 0 Å². The fraction of sp³-hybridized carbons (Fsp3) is 0.368. The Morgan fingerprint density at radius 1 is 1.33 bits per heavy atom. The highest BCUT2D eigenvalue weighted by Gasteiger charge is 2.43. The fourth-order valence-electron chi connectivity index (χ4n) is 3.39. The van der Waals surface area contributed by atoms with Crippen molar-refractivity contribution >= 4 is 27.6 Å². The van der Waals surface area contributed by atoms with Crippen molar-refractivity contribution in [3.63, 3.8) is 0 Å². The smallest absolute Gasteiger partial charge is 0.275 e. The zero-order valence-electron chi connectivity index (χ0n) is 16.4. The van der Waals surface area contributed by atoms with Gasteiger partial charge in [-0.1, -0.05) is 0 Å². The molecule has 1 saturated heterocycles. The number of nitrogens with one attached hydrogen (secondary N) is 3. The number of hydrogen-bond acceptors (Lipinski definition) is 6. The third-order valence-electron chi connectivity index (χ3n) is 5.32. The number of amides is 1. The molecule has 9 nitrogen and oxygen atoms in total. The predicted molar refractivity (Wildman–Crippen MR) is 108 cm³/mol. The molecule has 30 heavy (non-hydrogen) atoms. The number of aromatic nitrogens is 2. The van der Waals surface area contributed by atoms with Gasteiger partial charge in [-0.05, 0) is 38.0 Å². The number of benzene rings is 1.